The van der Waals surface area contributed by atoms with Gasteiger partial charge in [-0.1, -0.05) is 19.9 Å². The fraction of sp³-hybridized carbons (Fsp3) is 0.526. The van der Waals surface area contributed by atoms with Crippen molar-refractivity contribution in [3.05, 3.63) is 29.3 Å². The molecule has 0 aliphatic rings. The molecule has 0 unspecified atom stereocenters. The Kier molecular flexibility index (Phi) is 8.11. The van der Waals surface area contributed by atoms with Crippen molar-refractivity contribution in [2.45, 2.75) is 47.6 Å². The average molecular weight is 350 g/mol. The molecular formula is C19H26O6. The summed E-state index contributed by atoms with van der Waals surface area (Å²) in [6.07, 6.45) is -0.0129. The van der Waals surface area contributed by atoms with Crippen LogP contribution in [0.15, 0.2) is 18.2 Å². The molecule has 6 heteroatoms. The third-order valence-electron chi connectivity index (χ3n) is 3.67. The molecule has 0 saturated carbocycles. The Morgan fingerprint density at radius 3 is 2.32 bits per heavy atom. The molecule has 0 aliphatic carbocycles. The van der Waals surface area contributed by atoms with Gasteiger partial charge in [-0.15, -0.1) is 0 Å². The van der Waals surface area contributed by atoms with E-state index >= 15 is 0 Å². The molecule has 0 aromatic heterocycles. The summed E-state index contributed by atoms with van der Waals surface area (Å²) >= 11 is 0. The summed E-state index contributed by atoms with van der Waals surface area (Å²) in [4.78, 5) is 34.9. The van der Waals surface area contributed by atoms with E-state index in [1.54, 1.807) is 32.0 Å². The summed E-state index contributed by atoms with van der Waals surface area (Å²) in [7, 11) is 0. The fourth-order valence-corrected chi connectivity index (χ4v) is 2.31. The highest BCUT2D eigenvalue weighted by Crippen LogP contribution is 2.21. The van der Waals surface area contributed by atoms with E-state index in [-0.39, 0.29) is 37.5 Å². The second-order valence-electron chi connectivity index (χ2n) is 6.16. The van der Waals surface area contributed by atoms with Crippen LogP contribution in [0.25, 0.3) is 0 Å². The van der Waals surface area contributed by atoms with Gasteiger partial charge < -0.3 is 14.2 Å². The lowest BCUT2D eigenvalue weighted by atomic mass is 9.93. The van der Waals surface area contributed by atoms with Gasteiger partial charge in [0.2, 0.25) is 0 Å². The molecule has 0 saturated heterocycles. The zero-order valence-corrected chi connectivity index (χ0v) is 15.5. The van der Waals surface area contributed by atoms with Crippen molar-refractivity contribution in [2.75, 3.05) is 6.61 Å². The van der Waals surface area contributed by atoms with Crippen LogP contribution < -0.4 is 4.74 Å². The SMILES string of the molecule is CCOC(=O)[C@@H](CC(=O)OCc1ccc(OC(C)=O)c(C)c1)C(C)C. The molecule has 1 rings (SSSR count). The van der Waals surface area contributed by atoms with Crippen LogP contribution in [0.4, 0.5) is 0 Å². The Hall–Kier alpha value is -2.37. The highest BCUT2D eigenvalue weighted by atomic mass is 16.5. The van der Waals surface area contributed by atoms with Gasteiger partial charge in [0.25, 0.3) is 0 Å². The van der Waals surface area contributed by atoms with Crippen molar-refractivity contribution in [1.29, 1.82) is 0 Å². The number of carbonyl (C=O) groups is 3. The minimum Gasteiger partial charge on any atom is -0.466 e. The Morgan fingerprint density at radius 2 is 1.80 bits per heavy atom. The normalized spacial score (nSPS) is 11.8. The maximum Gasteiger partial charge on any atom is 0.309 e. The molecule has 1 atom stereocenters. The van der Waals surface area contributed by atoms with Gasteiger partial charge in [0.05, 0.1) is 18.9 Å². The van der Waals surface area contributed by atoms with Crippen molar-refractivity contribution in [3.63, 3.8) is 0 Å². The number of ether oxygens (including phenoxy) is 3. The van der Waals surface area contributed by atoms with Crippen LogP contribution in [0.3, 0.4) is 0 Å². The number of esters is 3. The van der Waals surface area contributed by atoms with Gasteiger partial charge in [-0.2, -0.15) is 0 Å². The van der Waals surface area contributed by atoms with Crippen LogP contribution in [0.5, 0.6) is 5.75 Å². The molecule has 0 bridgehead atoms. The lowest BCUT2D eigenvalue weighted by Crippen LogP contribution is -2.26. The summed E-state index contributed by atoms with van der Waals surface area (Å²) in [5.41, 5.74) is 1.55. The first kappa shape index (κ1) is 20.7. The molecule has 0 radical (unpaired) electrons. The van der Waals surface area contributed by atoms with E-state index in [0.717, 1.165) is 11.1 Å². The first-order chi connectivity index (χ1) is 11.7. The lowest BCUT2D eigenvalue weighted by Gasteiger charge is -2.18. The number of aryl methyl sites for hydroxylation is 1. The number of benzene rings is 1. The monoisotopic (exact) mass is 350 g/mol. The summed E-state index contributed by atoms with van der Waals surface area (Å²) in [6.45, 7) is 8.98. The van der Waals surface area contributed by atoms with Crippen molar-refractivity contribution in [1.82, 2.24) is 0 Å². The largest absolute Gasteiger partial charge is 0.466 e. The first-order valence-electron chi connectivity index (χ1n) is 8.34. The first-order valence-corrected chi connectivity index (χ1v) is 8.34. The van der Waals surface area contributed by atoms with Gasteiger partial charge in [-0.25, -0.2) is 0 Å². The van der Waals surface area contributed by atoms with E-state index in [2.05, 4.69) is 0 Å². The molecule has 1 aromatic rings. The summed E-state index contributed by atoms with van der Waals surface area (Å²) in [5, 5.41) is 0. The van der Waals surface area contributed by atoms with Crippen molar-refractivity contribution in [2.24, 2.45) is 11.8 Å². The van der Waals surface area contributed by atoms with Crippen LogP contribution in [0.2, 0.25) is 0 Å². The van der Waals surface area contributed by atoms with Crippen molar-refractivity contribution < 1.29 is 28.6 Å². The molecular weight excluding hydrogens is 324 g/mol. The predicted molar refractivity (Wildman–Crippen MR) is 91.9 cm³/mol. The molecule has 0 spiro atoms. The molecule has 0 heterocycles. The molecule has 1 aromatic carbocycles. The van der Waals surface area contributed by atoms with Crippen molar-refractivity contribution >= 4 is 17.9 Å². The second kappa shape index (κ2) is 9.81. The number of rotatable bonds is 8. The number of hydrogen-bond donors (Lipinski definition) is 0. The third kappa shape index (κ3) is 6.95. The lowest BCUT2D eigenvalue weighted by molar-refractivity contribution is -0.157. The van der Waals surface area contributed by atoms with E-state index in [4.69, 9.17) is 14.2 Å². The summed E-state index contributed by atoms with van der Waals surface area (Å²) < 4.78 is 15.3. The Bertz CT molecular complexity index is 620. The van der Waals surface area contributed by atoms with Gasteiger partial charge >= 0.3 is 17.9 Å². The quantitative estimate of drug-likeness (QED) is 0.529. The highest BCUT2D eigenvalue weighted by Gasteiger charge is 2.27. The molecule has 0 fully saturated rings. The zero-order chi connectivity index (χ0) is 19.0. The fourth-order valence-electron chi connectivity index (χ4n) is 2.31. The average Bonchev–Trinajstić information content (AvgIpc) is 2.52. The van der Waals surface area contributed by atoms with Crippen LogP contribution in [-0.4, -0.2) is 24.5 Å². The molecule has 25 heavy (non-hydrogen) atoms. The zero-order valence-electron chi connectivity index (χ0n) is 15.5. The molecule has 0 aliphatic heterocycles. The van der Waals surface area contributed by atoms with Crippen LogP contribution in [-0.2, 0) is 30.5 Å². The van der Waals surface area contributed by atoms with Crippen LogP contribution >= 0.6 is 0 Å². The Balaban J connectivity index is 2.62. The van der Waals surface area contributed by atoms with Crippen molar-refractivity contribution in [3.8, 4) is 5.75 Å². The van der Waals surface area contributed by atoms with Gasteiger partial charge in [-0.3, -0.25) is 14.4 Å². The van der Waals surface area contributed by atoms with Gasteiger partial charge in [0.1, 0.15) is 12.4 Å². The van der Waals surface area contributed by atoms with E-state index in [0.29, 0.717) is 5.75 Å². The molecule has 138 valence electrons. The maximum atomic E-state index is 12.0. The second-order valence-corrected chi connectivity index (χ2v) is 6.16. The molecule has 0 N–H and O–H groups in total. The highest BCUT2D eigenvalue weighted by molar-refractivity contribution is 5.80. The Morgan fingerprint density at radius 1 is 1.12 bits per heavy atom. The third-order valence-corrected chi connectivity index (χ3v) is 3.67. The van der Waals surface area contributed by atoms with E-state index in [1.165, 1.54) is 6.92 Å². The minimum absolute atomic E-state index is 0.0129. The topological polar surface area (TPSA) is 78.9 Å². The smallest absolute Gasteiger partial charge is 0.309 e. The van der Waals surface area contributed by atoms with Crippen LogP contribution in [0.1, 0.15) is 45.2 Å². The van der Waals surface area contributed by atoms with E-state index < -0.39 is 11.9 Å². The maximum absolute atomic E-state index is 12.0. The summed E-state index contributed by atoms with van der Waals surface area (Å²) in [5.74, 6) is -1.27. The van der Waals surface area contributed by atoms with E-state index in [9.17, 15) is 14.4 Å². The Labute approximate surface area is 148 Å². The molecule has 6 nitrogen and oxygen atoms in total. The van der Waals surface area contributed by atoms with E-state index in [1.807, 2.05) is 13.8 Å². The van der Waals surface area contributed by atoms with Gasteiger partial charge in [0.15, 0.2) is 0 Å². The molecule has 0 amide bonds. The minimum atomic E-state index is -0.513. The number of hydrogen-bond acceptors (Lipinski definition) is 6. The standard InChI is InChI=1S/C19H26O6/c1-6-23-19(22)16(12(2)3)10-18(21)24-11-15-7-8-17(13(4)9-15)25-14(5)20/h7-9,12,16H,6,10-11H2,1-5H3/t16-/m0/s1. The van der Waals surface area contributed by atoms with Gasteiger partial charge in [0, 0.05) is 6.92 Å². The predicted octanol–water partition coefficient (Wildman–Crippen LogP) is 3.19. The van der Waals surface area contributed by atoms with Gasteiger partial charge in [-0.05, 0) is 43.0 Å². The summed E-state index contributed by atoms with van der Waals surface area (Å²) in [6, 6.07) is 5.18. The van der Waals surface area contributed by atoms with Crippen LogP contribution in [0, 0.1) is 18.8 Å². The number of carbonyl (C=O) groups excluding carboxylic acids is 3.